The second-order valence-corrected chi connectivity index (χ2v) is 6.74. The Labute approximate surface area is 158 Å². The number of nitrogens with one attached hydrogen (secondary N) is 1. The van der Waals surface area contributed by atoms with E-state index in [0.717, 1.165) is 6.42 Å². The van der Waals surface area contributed by atoms with Crippen LogP contribution in [0.2, 0.25) is 0 Å². The Morgan fingerprint density at radius 1 is 1.19 bits per heavy atom. The minimum Gasteiger partial charge on any atom is -0.495 e. The fraction of sp³-hybridized carbons (Fsp3) is 0.350. The molecule has 0 saturated carbocycles. The maximum absolute atomic E-state index is 12.1. The van der Waals surface area contributed by atoms with Crippen LogP contribution in [0.25, 0.3) is 0 Å². The lowest BCUT2D eigenvalue weighted by Crippen LogP contribution is -2.20. The molecule has 2 aromatic rings. The Hall–Kier alpha value is -3.09. The highest BCUT2D eigenvalue weighted by Crippen LogP contribution is 2.29. The summed E-state index contributed by atoms with van der Waals surface area (Å²) in [7, 11) is 1.42. The molecule has 144 valence electrons. The van der Waals surface area contributed by atoms with Crippen LogP contribution in [0.1, 0.15) is 32.8 Å². The summed E-state index contributed by atoms with van der Waals surface area (Å²) in [4.78, 5) is 22.5. The van der Waals surface area contributed by atoms with Crippen molar-refractivity contribution in [3.8, 4) is 11.5 Å². The van der Waals surface area contributed by atoms with E-state index in [1.165, 1.54) is 30.9 Å². The SMILES string of the molecule is CCC(C)(C)c1ccc(OCC(=O)Nc2cc([N+](=O)[O-])ccc2OC)cc1. The molecular formula is C20H24N2O5. The monoisotopic (exact) mass is 372 g/mol. The van der Waals surface area contributed by atoms with E-state index in [-0.39, 0.29) is 23.4 Å². The van der Waals surface area contributed by atoms with Crippen molar-refractivity contribution in [2.24, 2.45) is 0 Å². The van der Waals surface area contributed by atoms with Crippen LogP contribution >= 0.6 is 0 Å². The standard InChI is InChI=1S/C20H24N2O5/c1-5-20(2,3)14-6-9-16(10-7-14)27-13-19(23)21-17-12-15(22(24)25)8-11-18(17)26-4/h6-12H,5,13H2,1-4H3,(H,21,23). The molecule has 0 unspecified atom stereocenters. The molecule has 27 heavy (non-hydrogen) atoms. The average Bonchev–Trinajstić information content (AvgIpc) is 2.66. The minimum atomic E-state index is -0.537. The van der Waals surface area contributed by atoms with Gasteiger partial charge in [0.05, 0.1) is 17.7 Å². The third kappa shape index (κ3) is 5.20. The zero-order valence-corrected chi connectivity index (χ0v) is 15.9. The average molecular weight is 372 g/mol. The Morgan fingerprint density at radius 2 is 1.85 bits per heavy atom. The van der Waals surface area contributed by atoms with Crippen LogP contribution < -0.4 is 14.8 Å². The summed E-state index contributed by atoms with van der Waals surface area (Å²) in [5.41, 5.74) is 1.36. The fourth-order valence-electron chi connectivity index (χ4n) is 2.45. The van der Waals surface area contributed by atoms with Gasteiger partial charge < -0.3 is 14.8 Å². The Balaban J connectivity index is 2.00. The van der Waals surface area contributed by atoms with E-state index in [2.05, 4.69) is 26.1 Å². The molecule has 0 aromatic heterocycles. The van der Waals surface area contributed by atoms with Gasteiger partial charge in [-0.1, -0.05) is 32.9 Å². The highest BCUT2D eigenvalue weighted by Gasteiger charge is 2.18. The molecule has 0 aliphatic rings. The highest BCUT2D eigenvalue weighted by molar-refractivity contribution is 5.93. The molecule has 1 amide bonds. The third-order valence-corrected chi connectivity index (χ3v) is 4.56. The predicted octanol–water partition coefficient (Wildman–Crippen LogP) is 4.31. The number of anilines is 1. The van der Waals surface area contributed by atoms with Crippen molar-refractivity contribution in [2.75, 3.05) is 19.0 Å². The summed E-state index contributed by atoms with van der Waals surface area (Å²) in [5, 5.41) is 13.5. The zero-order valence-electron chi connectivity index (χ0n) is 15.9. The maximum atomic E-state index is 12.1. The molecule has 0 aliphatic carbocycles. The molecule has 1 N–H and O–H groups in total. The topological polar surface area (TPSA) is 90.7 Å². The van der Waals surface area contributed by atoms with E-state index >= 15 is 0 Å². The van der Waals surface area contributed by atoms with Crippen molar-refractivity contribution >= 4 is 17.3 Å². The van der Waals surface area contributed by atoms with Gasteiger partial charge in [0, 0.05) is 12.1 Å². The van der Waals surface area contributed by atoms with Gasteiger partial charge in [0.1, 0.15) is 11.5 Å². The van der Waals surface area contributed by atoms with Gasteiger partial charge in [0.2, 0.25) is 0 Å². The quantitative estimate of drug-likeness (QED) is 0.551. The summed E-state index contributed by atoms with van der Waals surface area (Å²) < 4.78 is 10.6. The van der Waals surface area contributed by atoms with E-state index in [0.29, 0.717) is 11.5 Å². The molecular weight excluding hydrogens is 348 g/mol. The largest absolute Gasteiger partial charge is 0.495 e. The number of hydrogen-bond donors (Lipinski definition) is 1. The van der Waals surface area contributed by atoms with Gasteiger partial charge in [-0.3, -0.25) is 14.9 Å². The van der Waals surface area contributed by atoms with Crippen molar-refractivity contribution in [3.05, 3.63) is 58.1 Å². The van der Waals surface area contributed by atoms with Crippen molar-refractivity contribution in [1.29, 1.82) is 0 Å². The number of nitro groups is 1. The lowest BCUT2D eigenvalue weighted by Gasteiger charge is -2.23. The smallest absolute Gasteiger partial charge is 0.271 e. The number of methoxy groups -OCH3 is 1. The summed E-state index contributed by atoms with van der Waals surface area (Å²) in [6, 6.07) is 11.6. The van der Waals surface area contributed by atoms with Gasteiger partial charge in [0.15, 0.2) is 6.61 Å². The molecule has 0 spiro atoms. The number of rotatable bonds is 8. The molecule has 2 rings (SSSR count). The summed E-state index contributed by atoms with van der Waals surface area (Å²) in [6.45, 7) is 6.25. The Bertz CT molecular complexity index is 816. The van der Waals surface area contributed by atoms with Crippen LogP contribution in [0.3, 0.4) is 0 Å². The van der Waals surface area contributed by atoms with Gasteiger partial charge in [-0.2, -0.15) is 0 Å². The van der Waals surface area contributed by atoms with E-state index in [4.69, 9.17) is 9.47 Å². The molecule has 7 nitrogen and oxygen atoms in total. The first-order valence-electron chi connectivity index (χ1n) is 8.62. The first kappa shape index (κ1) is 20.2. The number of amides is 1. The van der Waals surface area contributed by atoms with Crippen LogP contribution in [-0.4, -0.2) is 24.5 Å². The van der Waals surface area contributed by atoms with Crippen LogP contribution in [0.15, 0.2) is 42.5 Å². The third-order valence-electron chi connectivity index (χ3n) is 4.56. The van der Waals surface area contributed by atoms with Gasteiger partial charge >= 0.3 is 0 Å². The van der Waals surface area contributed by atoms with Gasteiger partial charge in [-0.05, 0) is 35.6 Å². The van der Waals surface area contributed by atoms with Crippen LogP contribution in [0.4, 0.5) is 11.4 Å². The van der Waals surface area contributed by atoms with E-state index < -0.39 is 10.8 Å². The number of hydrogen-bond acceptors (Lipinski definition) is 5. The number of non-ortho nitro benzene ring substituents is 1. The fourth-order valence-corrected chi connectivity index (χ4v) is 2.45. The van der Waals surface area contributed by atoms with Crippen molar-refractivity contribution in [1.82, 2.24) is 0 Å². The summed E-state index contributed by atoms with van der Waals surface area (Å²) in [6.07, 6.45) is 1.01. The second-order valence-electron chi connectivity index (χ2n) is 6.74. The van der Waals surface area contributed by atoms with Crippen molar-refractivity contribution < 1.29 is 19.2 Å². The lowest BCUT2D eigenvalue weighted by molar-refractivity contribution is -0.384. The number of nitrogens with zero attached hydrogens (tertiary/aromatic N) is 1. The lowest BCUT2D eigenvalue weighted by atomic mass is 9.82. The van der Waals surface area contributed by atoms with E-state index in [1.807, 2.05) is 24.3 Å². The van der Waals surface area contributed by atoms with Crippen LogP contribution in [0.5, 0.6) is 11.5 Å². The van der Waals surface area contributed by atoms with Crippen LogP contribution in [0, 0.1) is 10.1 Å². The second kappa shape index (κ2) is 8.53. The molecule has 0 bridgehead atoms. The summed E-state index contributed by atoms with van der Waals surface area (Å²) >= 11 is 0. The highest BCUT2D eigenvalue weighted by atomic mass is 16.6. The molecule has 0 aliphatic heterocycles. The number of nitro benzene ring substituents is 1. The minimum absolute atomic E-state index is 0.0779. The number of ether oxygens (including phenoxy) is 2. The molecule has 2 aromatic carbocycles. The molecule has 0 saturated heterocycles. The van der Waals surface area contributed by atoms with E-state index in [9.17, 15) is 14.9 Å². The normalized spacial score (nSPS) is 11.0. The van der Waals surface area contributed by atoms with Gasteiger partial charge in [0.25, 0.3) is 11.6 Å². The van der Waals surface area contributed by atoms with Crippen LogP contribution in [-0.2, 0) is 10.2 Å². The summed E-state index contributed by atoms with van der Waals surface area (Å²) in [5.74, 6) is 0.471. The zero-order chi connectivity index (χ0) is 20.0. The number of benzene rings is 2. The molecule has 0 radical (unpaired) electrons. The molecule has 0 atom stereocenters. The maximum Gasteiger partial charge on any atom is 0.271 e. The molecule has 0 fully saturated rings. The molecule has 7 heteroatoms. The van der Waals surface area contributed by atoms with Crippen molar-refractivity contribution in [3.63, 3.8) is 0 Å². The first-order chi connectivity index (χ1) is 12.8. The first-order valence-corrected chi connectivity index (χ1v) is 8.62. The predicted molar refractivity (Wildman–Crippen MR) is 104 cm³/mol. The van der Waals surface area contributed by atoms with E-state index in [1.54, 1.807) is 0 Å². The number of carbonyl (C=O) groups excluding carboxylic acids is 1. The Morgan fingerprint density at radius 3 is 2.41 bits per heavy atom. The number of carbonyl (C=O) groups is 1. The molecule has 0 heterocycles. The van der Waals surface area contributed by atoms with Gasteiger partial charge in [-0.15, -0.1) is 0 Å². The van der Waals surface area contributed by atoms with Crippen molar-refractivity contribution in [2.45, 2.75) is 32.6 Å². The Kier molecular flexibility index (Phi) is 6.39. The van der Waals surface area contributed by atoms with Gasteiger partial charge in [-0.25, -0.2) is 0 Å².